The van der Waals surface area contributed by atoms with E-state index in [1.54, 1.807) is 10.9 Å². The van der Waals surface area contributed by atoms with Crippen molar-refractivity contribution in [3.8, 4) is 11.5 Å². The molecule has 1 amide bonds. The molecule has 0 saturated heterocycles. The molecule has 2 heterocycles. The van der Waals surface area contributed by atoms with E-state index in [2.05, 4.69) is 10.4 Å². The van der Waals surface area contributed by atoms with Gasteiger partial charge in [0.25, 0.3) is 5.91 Å². The third-order valence-electron chi connectivity index (χ3n) is 4.11. The fourth-order valence-electron chi connectivity index (χ4n) is 2.50. The van der Waals surface area contributed by atoms with Crippen LogP contribution in [0.1, 0.15) is 36.2 Å². The van der Waals surface area contributed by atoms with Crippen LogP contribution < -0.4 is 5.32 Å². The van der Waals surface area contributed by atoms with Crippen molar-refractivity contribution in [1.29, 1.82) is 0 Å². The van der Waals surface area contributed by atoms with Gasteiger partial charge in [-0.25, -0.2) is 4.68 Å². The number of benzene rings is 1. The zero-order valence-electron chi connectivity index (χ0n) is 14.2. The topological polar surface area (TPSA) is 51.9 Å². The zero-order valence-corrected chi connectivity index (χ0v) is 14.2. The number of rotatable bonds is 5. The van der Waals surface area contributed by atoms with Gasteiger partial charge in [-0.15, -0.1) is 0 Å². The minimum absolute atomic E-state index is 0.105. The van der Waals surface area contributed by atoms with Crippen molar-refractivity contribution in [2.24, 2.45) is 0 Å². The predicted molar refractivity (Wildman–Crippen MR) is 94.8 cm³/mol. The van der Waals surface area contributed by atoms with Gasteiger partial charge in [-0.3, -0.25) is 4.79 Å². The molecule has 1 atom stereocenters. The lowest BCUT2D eigenvalue weighted by Crippen LogP contribution is -2.32. The zero-order chi connectivity index (χ0) is 17.1. The van der Waals surface area contributed by atoms with E-state index in [1.165, 1.54) is 5.56 Å². The molecule has 5 nitrogen and oxygen atoms in total. The number of nitrogens with zero attached hydrogens (tertiary/aromatic N) is 3. The van der Waals surface area contributed by atoms with Crippen molar-refractivity contribution < 1.29 is 4.79 Å². The van der Waals surface area contributed by atoms with Gasteiger partial charge in [0.05, 0.1) is 11.9 Å². The highest BCUT2D eigenvalue weighted by molar-refractivity contribution is 5.97. The van der Waals surface area contributed by atoms with Crippen LogP contribution in [0.15, 0.2) is 55.0 Å². The summed E-state index contributed by atoms with van der Waals surface area (Å²) in [4.78, 5) is 12.7. The summed E-state index contributed by atoms with van der Waals surface area (Å²) in [6.07, 6.45) is 6.35. The van der Waals surface area contributed by atoms with Gasteiger partial charge in [0.15, 0.2) is 5.82 Å². The monoisotopic (exact) mass is 322 g/mol. The van der Waals surface area contributed by atoms with Gasteiger partial charge in [0.2, 0.25) is 0 Å². The summed E-state index contributed by atoms with van der Waals surface area (Å²) >= 11 is 0. The highest BCUT2D eigenvalue weighted by Gasteiger charge is 2.20. The van der Waals surface area contributed by atoms with Gasteiger partial charge in [0, 0.05) is 18.4 Å². The molecule has 1 unspecified atom stereocenters. The van der Waals surface area contributed by atoms with E-state index in [0.29, 0.717) is 5.56 Å². The smallest absolute Gasteiger partial charge is 0.256 e. The Hall–Kier alpha value is -2.82. The van der Waals surface area contributed by atoms with Gasteiger partial charge >= 0.3 is 0 Å². The molecule has 0 aliphatic rings. The van der Waals surface area contributed by atoms with Gasteiger partial charge < -0.3 is 9.88 Å². The van der Waals surface area contributed by atoms with Gasteiger partial charge in [-0.05, 0) is 44.5 Å². The fourth-order valence-corrected chi connectivity index (χ4v) is 2.50. The van der Waals surface area contributed by atoms with E-state index in [9.17, 15) is 4.79 Å². The second-order valence-corrected chi connectivity index (χ2v) is 6.00. The molecule has 0 aliphatic heterocycles. The molecule has 3 aromatic rings. The molecule has 3 rings (SSSR count). The number of carbonyl (C=O) groups is 1. The van der Waals surface area contributed by atoms with Crippen LogP contribution in [0, 0.1) is 6.92 Å². The Balaban J connectivity index is 2.08. The largest absolute Gasteiger partial charge is 0.349 e. The molecule has 0 fully saturated rings. The first-order valence-corrected chi connectivity index (χ1v) is 8.19. The van der Waals surface area contributed by atoms with E-state index in [0.717, 1.165) is 17.9 Å². The first-order valence-electron chi connectivity index (χ1n) is 8.19. The Morgan fingerprint density at radius 3 is 2.50 bits per heavy atom. The van der Waals surface area contributed by atoms with Crippen molar-refractivity contribution in [3.63, 3.8) is 0 Å². The van der Waals surface area contributed by atoms with Crippen LogP contribution in [0.3, 0.4) is 0 Å². The number of aromatic nitrogens is 3. The lowest BCUT2D eigenvalue weighted by Gasteiger charge is -2.13. The first-order chi connectivity index (χ1) is 11.6. The number of hydrogen-bond acceptors (Lipinski definition) is 2. The summed E-state index contributed by atoms with van der Waals surface area (Å²) in [5.74, 6) is 0.635. The number of amides is 1. The maximum Gasteiger partial charge on any atom is 0.256 e. The minimum atomic E-state index is -0.105. The lowest BCUT2D eigenvalue weighted by molar-refractivity contribution is 0.0939. The maximum absolute atomic E-state index is 12.7. The first kappa shape index (κ1) is 16.1. The summed E-state index contributed by atoms with van der Waals surface area (Å²) in [7, 11) is 0. The number of nitrogens with one attached hydrogen (secondary N) is 1. The van der Waals surface area contributed by atoms with Crippen LogP contribution in [0.25, 0.3) is 11.5 Å². The van der Waals surface area contributed by atoms with Crippen LogP contribution >= 0.6 is 0 Å². The molecule has 0 saturated carbocycles. The third kappa shape index (κ3) is 3.11. The SMILES string of the molecule is CCC(C)NC(=O)c1cnn(-c2ccc(C)cc2)c1-n1cccc1. The summed E-state index contributed by atoms with van der Waals surface area (Å²) in [5.41, 5.74) is 2.67. The molecule has 0 aliphatic carbocycles. The Morgan fingerprint density at radius 2 is 1.88 bits per heavy atom. The molecule has 24 heavy (non-hydrogen) atoms. The molecule has 0 bridgehead atoms. The van der Waals surface area contributed by atoms with E-state index in [-0.39, 0.29) is 11.9 Å². The Morgan fingerprint density at radius 1 is 1.21 bits per heavy atom. The van der Waals surface area contributed by atoms with Gasteiger partial charge in [-0.1, -0.05) is 24.6 Å². The summed E-state index contributed by atoms with van der Waals surface area (Å²) in [5, 5.41) is 7.48. The van der Waals surface area contributed by atoms with Crippen molar-refractivity contribution in [2.45, 2.75) is 33.2 Å². The molecule has 2 aromatic heterocycles. The van der Waals surface area contributed by atoms with Crippen LogP contribution in [0.4, 0.5) is 0 Å². The third-order valence-corrected chi connectivity index (χ3v) is 4.11. The van der Waals surface area contributed by atoms with Crippen LogP contribution in [-0.2, 0) is 0 Å². The second-order valence-electron chi connectivity index (χ2n) is 6.00. The second kappa shape index (κ2) is 6.74. The Bertz CT molecular complexity index is 816. The van der Waals surface area contributed by atoms with E-state index < -0.39 is 0 Å². The molecule has 5 heteroatoms. The van der Waals surface area contributed by atoms with E-state index >= 15 is 0 Å². The number of aryl methyl sites for hydroxylation is 1. The Labute approximate surface area is 141 Å². The highest BCUT2D eigenvalue weighted by atomic mass is 16.1. The predicted octanol–water partition coefficient (Wildman–Crippen LogP) is 3.50. The Kier molecular flexibility index (Phi) is 4.51. The van der Waals surface area contributed by atoms with Crippen molar-refractivity contribution in [3.05, 3.63) is 66.1 Å². The molecule has 1 N–H and O–H groups in total. The molecule has 0 radical (unpaired) electrons. The van der Waals surface area contributed by atoms with E-state index in [1.807, 2.05) is 74.1 Å². The highest BCUT2D eigenvalue weighted by Crippen LogP contribution is 2.20. The molecule has 0 spiro atoms. The van der Waals surface area contributed by atoms with Crippen LogP contribution in [0.2, 0.25) is 0 Å². The van der Waals surface area contributed by atoms with E-state index in [4.69, 9.17) is 0 Å². The van der Waals surface area contributed by atoms with Crippen LogP contribution in [-0.4, -0.2) is 26.3 Å². The average molecular weight is 322 g/mol. The van der Waals surface area contributed by atoms with Crippen molar-refractivity contribution >= 4 is 5.91 Å². The number of hydrogen-bond donors (Lipinski definition) is 1. The summed E-state index contributed by atoms with van der Waals surface area (Å²) in [6, 6.07) is 12.1. The summed E-state index contributed by atoms with van der Waals surface area (Å²) < 4.78 is 3.71. The molecular formula is C19H22N4O. The number of carbonyl (C=O) groups excluding carboxylic acids is 1. The lowest BCUT2D eigenvalue weighted by atomic mass is 10.2. The normalized spacial score (nSPS) is 12.1. The standard InChI is InChI=1S/C19H22N4O/c1-4-15(3)21-18(24)17-13-20-23(16-9-7-14(2)8-10-16)19(17)22-11-5-6-12-22/h5-13,15H,4H2,1-3H3,(H,21,24). The molecular weight excluding hydrogens is 300 g/mol. The maximum atomic E-state index is 12.7. The average Bonchev–Trinajstić information content (AvgIpc) is 3.24. The minimum Gasteiger partial charge on any atom is -0.349 e. The summed E-state index contributed by atoms with van der Waals surface area (Å²) in [6.45, 7) is 6.09. The quantitative estimate of drug-likeness (QED) is 0.781. The van der Waals surface area contributed by atoms with Gasteiger partial charge in [0.1, 0.15) is 5.56 Å². The molecule has 1 aromatic carbocycles. The van der Waals surface area contributed by atoms with Crippen molar-refractivity contribution in [2.75, 3.05) is 0 Å². The van der Waals surface area contributed by atoms with Crippen molar-refractivity contribution in [1.82, 2.24) is 19.7 Å². The van der Waals surface area contributed by atoms with Crippen LogP contribution in [0.5, 0.6) is 0 Å². The van der Waals surface area contributed by atoms with Gasteiger partial charge in [-0.2, -0.15) is 5.10 Å². The fraction of sp³-hybridized carbons (Fsp3) is 0.263. The molecule has 124 valence electrons.